The van der Waals surface area contributed by atoms with Crippen LogP contribution in [0.3, 0.4) is 0 Å². The van der Waals surface area contributed by atoms with E-state index in [4.69, 9.17) is 11.6 Å². The summed E-state index contributed by atoms with van der Waals surface area (Å²) in [5.74, 6) is -0.181. The van der Waals surface area contributed by atoms with Gasteiger partial charge in [-0.2, -0.15) is 5.10 Å². The highest BCUT2D eigenvalue weighted by molar-refractivity contribution is 7.13. The lowest BCUT2D eigenvalue weighted by molar-refractivity contribution is 0.101. The molecule has 2 aromatic rings. The van der Waals surface area contributed by atoms with Crippen LogP contribution in [0.5, 0.6) is 0 Å². The summed E-state index contributed by atoms with van der Waals surface area (Å²) in [5, 5.41) is 6.54. The average Bonchev–Trinajstić information content (AvgIpc) is 2.84. The van der Waals surface area contributed by atoms with Gasteiger partial charge in [-0.05, 0) is 0 Å². The van der Waals surface area contributed by atoms with E-state index in [0.717, 1.165) is 10.6 Å². The number of carbonyl (C=O) groups is 1. The van der Waals surface area contributed by atoms with E-state index in [2.05, 4.69) is 10.1 Å². The van der Waals surface area contributed by atoms with Crippen molar-refractivity contribution in [3.63, 3.8) is 0 Å². The van der Waals surface area contributed by atoms with Gasteiger partial charge in [0, 0.05) is 24.2 Å². The van der Waals surface area contributed by atoms with Gasteiger partial charge in [0.1, 0.15) is 10.7 Å². The number of hydrogen-bond acceptors (Lipinski definition) is 4. The Morgan fingerprint density at radius 3 is 3.07 bits per heavy atom. The van der Waals surface area contributed by atoms with Crippen LogP contribution in [0.15, 0.2) is 17.8 Å². The van der Waals surface area contributed by atoms with Crippen molar-refractivity contribution in [3.8, 4) is 10.6 Å². The van der Waals surface area contributed by atoms with E-state index >= 15 is 0 Å². The number of hydrogen-bond donors (Lipinski definition) is 0. The standard InChI is InChI=1S/C9H8ClN3OS/c1-13-4-6(3-11-13)9-12-7(5-15-9)8(14)2-10/h3-5H,2H2,1H3. The second kappa shape index (κ2) is 4.12. The minimum atomic E-state index is -0.150. The Bertz CT molecular complexity index is 491. The third-order valence-corrected chi connectivity index (χ3v) is 3.00. The quantitative estimate of drug-likeness (QED) is 0.610. The fourth-order valence-corrected chi connectivity index (χ4v) is 2.07. The molecule has 0 aliphatic carbocycles. The van der Waals surface area contributed by atoms with Crippen molar-refractivity contribution in [3.05, 3.63) is 23.5 Å². The lowest BCUT2D eigenvalue weighted by Crippen LogP contribution is -1.99. The third kappa shape index (κ3) is 2.08. The molecule has 0 aliphatic rings. The SMILES string of the molecule is Cn1cc(-c2nc(C(=O)CCl)cs2)cn1. The number of aryl methyl sites for hydroxylation is 1. The zero-order chi connectivity index (χ0) is 10.8. The summed E-state index contributed by atoms with van der Waals surface area (Å²) in [4.78, 5) is 15.5. The molecule has 0 bridgehead atoms. The predicted octanol–water partition coefficient (Wildman–Crippen LogP) is 1.97. The van der Waals surface area contributed by atoms with Gasteiger partial charge in [0.15, 0.2) is 5.78 Å². The van der Waals surface area contributed by atoms with E-state index < -0.39 is 0 Å². The van der Waals surface area contributed by atoms with Crippen molar-refractivity contribution < 1.29 is 4.79 Å². The van der Waals surface area contributed by atoms with E-state index in [0.29, 0.717) is 5.69 Å². The molecule has 0 N–H and O–H groups in total. The maximum atomic E-state index is 11.3. The molecule has 0 saturated heterocycles. The summed E-state index contributed by atoms with van der Waals surface area (Å²) in [6, 6.07) is 0. The smallest absolute Gasteiger partial charge is 0.196 e. The summed E-state index contributed by atoms with van der Waals surface area (Å²) < 4.78 is 1.69. The van der Waals surface area contributed by atoms with Gasteiger partial charge < -0.3 is 0 Å². The molecule has 0 atom stereocenters. The number of aromatic nitrogens is 3. The van der Waals surface area contributed by atoms with Gasteiger partial charge in [-0.1, -0.05) is 0 Å². The molecule has 4 nitrogen and oxygen atoms in total. The van der Waals surface area contributed by atoms with Crippen LogP contribution in [0, 0.1) is 0 Å². The second-order valence-electron chi connectivity index (χ2n) is 3.00. The molecule has 78 valence electrons. The molecule has 0 fully saturated rings. The number of alkyl halides is 1. The Hall–Kier alpha value is -1.20. The van der Waals surface area contributed by atoms with Crippen LogP contribution in [-0.2, 0) is 7.05 Å². The van der Waals surface area contributed by atoms with Gasteiger partial charge >= 0.3 is 0 Å². The number of carbonyl (C=O) groups excluding carboxylic acids is 1. The molecule has 0 radical (unpaired) electrons. The highest BCUT2D eigenvalue weighted by atomic mass is 35.5. The average molecular weight is 242 g/mol. The minimum Gasteiger partial charge on any atom is -0.291 e. The zero-order valence-corrected chi connectivity index (χ0v) is 9.55. The number of halogens is 1. The first-order chi connectivity index (χ1) is 7.20. The summed E-state index contributed by atoms with van der Waals surface area (Å²) in [5.41, 5.74) is 1.34. The number of Topliss-reactive ketones (excluding diaryl/α,β-unsaturated/α-hetero) is 1. The summed E-state index contributed by atoms with van der Waals surface area (Å²) in [6.45, 7) is 0. The largest absolute Gasteiger partial charge is 0.291 e. The summed E-state index contributed by atoms with van der Waals surface area (Å²) >= 11 is 6.86. The monoisotopic (exact) mass is 241 g/mol. The molecule has 0 amide bonds. The lowest BCUT2D eigenvalue weighted by Gasteiger charge is -1.88. The van der Waals surface area contributed by atoms with E-state index in [1.165, 1.54) is 11.3 Å². The van der Waals surface area contributed by atoms with Crippen molar-refractivity contribution in [2.24, 2.45) is 7.05 Å². The number of nitrogens with zero attached hydrogens (tertiary/aromatic N) is 3. The molecule has 6 heteroatoms. The molecule has 2 heterocycles. The number of rotatable bonds is 3. The van der Waals surface area contributed by atoms with Crippen LogP contribution in [-0.4, -0.2) is 26.4 Å². The normalized spacial score (nSPS) is 10.5. The zero-order valence-electron chi connectivity index (χ0n) is 7.98. The van der Waals surface area contributed by atoms with E-state index in [1.54, 1.807) is 16.3 Å². The van der Waals surface area contributed by atoms with E-state index in [1.807, 2.05) is 13.2 Å². The molecule has 2 rings (SSSR count). The Morgan fingerprint density at radius 2 is 2.47 bits per heavy atom. The van der Waals surface area contributed by atoms with E-state index in [9.17, 15) is 4.79 Å². The Morgan fingerprint density at radius 1 is 1.67 bits per heavy atom. The lowest BCUT2D eigenvalue weighted by atomic mass is 10.3. The molecule has 0 saturated carbocycles. The van der Waals surface area contributed by atoms with E-state index in [-0.39, 0.29) is 11.7 Å². The third-order valence-electron chi connectivity index (χ3n) is 1.86. The molecule has 0 aliphatic heterocycles. The first kappa shape index (κ1) is 10.3. The fraction of sp³-hybridized carbons (Fsp3) is 0.222. The number of ketones is 1. The van der Waals surface area contributed by atoms with Gasteiger partial charge in [-0.3, -0.25) is 9.48 Å². The maximum Gasteiger partial charge on any atom is 0.196 e. The van der Waals surface area contributed by atoms with Crippen molar-refractivity contribution >= 4 is 28.7 Å². The molecule has 2 aromatic heterocycles. The van der Waals surface area contributed by atoms with Crippen molar-refractivity contribution in [2.45, 2.75) is 0 Å². The van der Waals surface area contributed by atoms with Gasteiger partial charge in [0.05, 0.1) is 12.1 Å². The van der Waals surface area contributed by atoms with Gasteiger partial charge in [0.25, 0.3) is 0 Å². The molecular weight excluding hydrogens is 234 g/mol. The predicted molar refractivity (Wildman–Crippen MR) is 59.4 cm³/mol. The topological polar surface area (TPSA) is 47.8 Å². The van der Waals surface area contributed by atoms with Crippen LogP contribution in [0.4, 0.5) is 0 Å². The number of thiazole rings is 1. The van der Waals surface area contributed by atoms with Crippen LogP contribution in [0.2, 0.25) is 0 Å². The Balaban J connectivity index is 2.31. The van der Waals surface area contributed by atoms with Crippen molar-refractivity contribution in [1.82, 2.24) is 14.8 Å². The Kier molecular flexibility index (Phi) is 2.83. The fourth-order valence-electron chi connectivity index (χ4n) is 1.13. The van der Waals surface area contributed by atoms with Crippen LogP contribution in [0.1, 0.15) is 10.5 Å². The second-order valence-corrected chi connectivity index (χ2v) is 4.12. The highest BCUT2D eigenvalue weighted by Crippen LogP contribution is 2.23. The van der Waals surface area contributed by atoms with Gasteiger partial charge in [-0.25, -0.2) is 4.98 Å². The van der Waals surface area contributed by atoms with Gasteiger partial charge in [0.2, 0.25) is 0 Å². The Labute approximate surface area is 95.5 Å². The van der Waals surface area contributed by atoms with Crippen LogP contribution >= 0.6 is 22.9 Å². The molecule has 0 spiro atoms. The molecule has 15 heavy (non-hydrogen) atoms. The molecular formula is C9H8ClN3OS. The van der Waals surface area contributed by atoms with Crippen LogP contribution in [0.25, 0.3) is 10.6 Å². The molecule has 0 unspecified atom stereocenters. The summed E-state index contributed by atoms with van der Waals surface area (Å²) in [6.07, 6.45) is 3.57. The minimum absolute atomic E-state index is 0.0315. The molecule has 0 aromatic carbocycles. The first-order valence-corrected chi connectivity index (χ1v) is 5.66. The van der Waals surface area contributed by atoms with Gasteiger partial charge in [-0.15, -0.1) is 22.9 Å². The highest BCUT2D eigenvalue weighted by Gasteiger charge is 2.11. The first-order valence-electron chi connectivity index (χ1n) is 4.24. The van der Waals surface area contributed by atoms with Crippen LogP contribution < -0.4 is 0 Å². The summed E-state index contributed by atoms with van der Waals surface area (Å²) in [7, 11) is 1.84. The maximum absolute atomic E-state index is 11.3. The van der Waals surface area contributed by atoms with Crippen molar-refractivity contribution in [2.75, 3.05) is 5.88 Å². The van der Waals surface area contributed by atoms with Crippen molar-refractivity contribution in [1.29, 1.82) is 0 Å².